The van der Waals surface area contributed by atoms with Gasteiger partial charge in [0.1, 0.15) is 5.82 Å². The highest BCUT2D eigenvalue weighted by molar-refractivity contribution is 9.10. The number of pyridine rings is 1. The molecule has 1 heterocycles. The molecule has 100 valence electrons. The van der Waals surface area contributed by atoms with Crippen molar-refractivity contribution in [3.63, 3.8) is 0 Å². The number of benzene rings is 1. The van der Waals surface area contributed by atoms with Crippen molar-refractivity contribution in [1.29, 1.82) is 0 Å². The van der Waals surface area contributed by atoms with Gasteiger partial charge < -0.3 is 5.32 Å². The summed E-state index contributed by atoms with van der Waals surface area (Å²) in [5.41, 5.74) is 1.42. The van der Waals surface area contributed by atoms with Crippen LogP contribution in [0.1, 0.15) is 18.5 Å². The normalized spacial score (nSPS) is 12.3. The van der Waals surface area contributed by atoms with Crippen LogP contribution in [0.15, 0.2) is 35.1 Å². The van der Waals surface area contributed by atoms with Crippen molar-refractivity contribution in [3.8, 4) is 0 Å². The predicted molar refractivity (Wildman–Crippen MR) is 80.4 cm³/mol. The third-order valence-electron chi connectivity index (χ3n) is 2.63. The molecule has 19 heavy (non-hydrogen) atoms. The summed E-state index contributed by atoms with van der Waals surface area (Å²) in [4.78, 5) is 3.82. The summed E-state index contributed by atoms with van der Waals surface area (Å²) in [6, 6.07) is 4.89. The second-order valence-corrected chi connectivity index (χ2v) is 5.64. The highest BCUT2D eigenvalue weighted by Gasteiger charge is 2.12. The third kappa shape index (κ3) is 3.38. The van der Waals surface area contributed by atoms with E-state index in [4.69, 9.17) is 23.2 Å². The number of anilines is 1. The molecule has 0 saturated heterocycles. The highest BCUT2D eigenvalue weighted by atomic mass is 79.9. The van der Waals surface area contributed by atoms with Crippen molar-refractivity contribution >= 4 is 44.8 Å². The molecule has 0 amide bonds. The van der Waals surface area contributed by atoms with Crippen molar-refractivity contribution in [3.05, 3.63) is 56.5 Å². The van der Waals surface area contributed by atoms with Crippen LogP contribution in [0, 0.1) is 5.82 Å². The molecule has 1 N–H and O–H groups in total. The number of nitrogens with zero attached hydrogens (tertiary/aromatic N) is 1. The van der Waals surface area contributed by atoms with Gasteiger partial charge >= 0.3 is 0 Å². The van der Waals surface area contributed by atoms with E-state index >= 15 is 0 Å². The minimum Gasteiger partial charge on any atom is -0.377 e. The maximum atomic E-state index is 13.1. The molecule has 0 aliphatic rings. The zero-order valence-electron chi connectivity index (χ0n) is 9.92. The zero-order chi connectivity index (χ0) is 14.0. The molecule has 1 unspecified atom stereocenters. The molecule has 2 nitrogen and oxygen atoms in total. The van der Waals surface area contributed by atoms with Crippen LogP contribution in [0.3, 0.4) is 0 Å². The van der Waals surface area contributed by atoms with Crippen LogP contribution >= 0.6 is 39.1 Å². The molecule has 2 aromatic rings. The van der Waals surface area contributed by atoms with Gasteiger partial charge in [0.2, 0.25) is 0 Å². The van der Waals surface area contributed by atoms with Gasteiger partial charge in [0.15, 0.2) is 0 Å². The largest absolute Gasteiger partial charge is 0.377 e. The van der Waals surface area contributed by atoms with Gasteiger partial charge in [-0.3, -0.25) is 4.98 Å². The Labute approximate surface area is 129 Å². The smallest absolute Gasteiger partial charge is 0.141 e. The van der Waals surface area contributed by atoms with Crippen molar-refractivity contribution in [2.75, 3.05) is 5.32 Å². The minimum absolute atomic E-state index is 0.141. The molecule has 0 aliphatic heterocycles. The van der Waals surface area contributed by atoms with Gasteiger partial charge in [0.05, 0.1) is 28.0 Å². The lowest BCUT2D eigenvalue weighted by atomic mass is 10.1. The first-order chi connectivity index (χ1) is 8.99. The maximum absolute atomic E-state index is 13.1. The Morgan fingerprint density at radius 2 is 2.00 bits per heavy atom. The molecule has 0 aliphatic carbocycles. The van der Waals surface area contributed by atoms with Gasteiger partial charge in [-0.15, -0.1) is 0 Å². The molecule has 2 rings (SSSR count). The van der Waals surface area contributed by atoms with Crippen LogP contribution in [0.25, 0.3) is 0 Å². The number of rotatable bonds is 3. The molecule has 0 fully saturated rings. The van der Waals surface area contributed by atoms with Crippen molar-refractivity contribution < 1.29 is 4.39 Å². The first-order valence-electron chi connectivity index (χ1n) is 5.49. The molecule has 1 aromatic carbocycles. The Balaban J connectivity index is 2.24. The van der Waals surface area contributed by atoms with Gasteiger partial charge in [-0.25, -0.2) is 4.39 Å². The van der Waals surface area contributed by atoms with Crippen molar-refractivity contribution in [1.82, 2.24) is 4.98 Å². The molecule has 1 aromatic heterocycles. The lowest BCUT2D eigenvalue weighted by molar-refractivity contribution is 0.616. The van der Waals surface area contributed by atoms with E-state index in [-0.39, 0.29) is 11.9 Å². The molecular weight excluding hydrogens is 354 g/mol. The van der Waals surface area contributed by atoms with E-state index in [2.05, 4.69) is 26.2 Å². The average molecular weight is 364 g/mol. The van der Waals surface area contributed by atoms with Gasteiger partial charge in [-0.1, -0.05) is 23.2 Å². The van der Waals surface area contributed by atoms with Gasteiger partial charge in [-0.2, -0.15) is 0 Å². The molecule has 0 spiro atoms. The quantitative estimate of drug-likeness (QED) is 0.732. The Bertz CT molecular complexity index is 607. The number of nitrogens with one attached hydrogen (secondary N) is 1. The SMILES string of the molecule is CC(Nc1ccc(Br)c(Cl)c1Cl)c1cncc(F)c1. The molecule has 6 heteroatoms. The van der Waals surface area contributed by atoms with E-state index in [0.717, 1.165) is 10.0 Å². The molecule has 1 atom stereocenters. The van der Waals surface area contributed by atoms with E-state index in [1.165, 1.54) is 12.3 Å². The Morgan fingerprint density at radius 3 is 2.68 bits per heavy atom. The first kappa shape index (κ1) is 14.6. The summed E-state index contributed by atoms with van der Waals surface area (Å²) in [5, 5.41) is 4.04. The molecular formula is C13H10BrCl2FN2. The predicted octanol–water partition coefficient (Wildman–Crippen LogP) is 5.46. The fourth-order valence-electron chi connectivity index (χ4n) is 1.62. The minimum atomic E-state index is -0.369. The van der Waals surface area contributed by atoms with Gasteiger partial charge in [0.25, 0.3) is 0 Å². The topological polar surface area (TPSA) is 24.9 Å². The Morgan fingerprint density at radius 1 is 1.26 bits per heavy atom. The van der Waals surface area contributed by atoms with Crippen molar-refractivity contribution in [2.45, 2.75) is 13.0 Å². The lowest BCUT2D eigenvalue weighted by Crippen LogP contribution is -2.07. The summed E-state index contributed by atoms with van der Waals surface area (Å²) < 4.78 is 13.8. The molecule has 0 radical (unpaired) electrons. The van der Waals surface area contributed by atoms with Crippen LogP contribution in [0.4, 0.5) is 10.1 Å². The summed E-state index contributed by atoms with van der Waals surface area (Å²) in [5.74, 6) is -0.369. The second-order valence-electron chi connectivity index (χ2n) is 4.03. The Kier molecular flexibility index (Phi) is 4.66. The number of halogens is 4. The molecule has 0 bridgehead atoms. The van der Waals surface area contributed by atoms with E-state index in [1.54, 1.807) is 12.3 Å². The van der Waals surface area contributed by atoms with E-state index in [9.17, 15) is 4.39 Å². The van der Waals surface area contributed by atoms with Crippen LogP contribution in [-0.2, 0) is 0 Å². The number of hydrogen-bond donors (Lipinski definition) is 1. The molecule has 0 saturated carbocycles. The van der Waals surface area contributed by atoms with Gasteiger partial charge in [0, 0.05) is 10.7 Å². The highest BCUT2D eigenvalue weighted by Crippen LogP contribution is 2.37. The number of aromatic nitrogens is 1. The van der Waals surface area contributed by atoms with E-state index in [1.807, 2.05) is 13.0 Å². The first-order valence-corrected chi connectivity index (χ1v) is 7.04. The van der Waals surface area contributed by atoms with Crippen LogP contribution in [0.2, 0.25) is 10.0 Å². The third-order valence-corrected chi connectivity index (χ3v) is 4.40. The van der Waals surface area contributed by atoms with Gasteiger partial charge in [-0.05, 0) is 46.6 Å². The van der Waals surface area contributed by atoms with Crippen LogP contribution in [0.5, 0.6) is 0 Å². The zero-order valence-corrected chi connectivity index (χ0v) is 13.0. The monoisotopic (exact) mass is 362 g/mol. The van der Waals surface area contributed by atoms with E-state index < -0.39 is 0 Å². The summed E-state index contributed by atoms with van der Waals surface area (Å²) >= 11 is 15.5. The van der Waals surface area contributed by atoms with Crippen LogP contribution < -0.4 is 5.32 Å². The fourth-order valence-corrected chi connectivity index (χ4v) is 2.45. The lowest BCUT2D eigenvalue weighted by Gasteiger charge is -2.17. The fraction of sp³-hybridized carbons (Fsp3) is 0.154. The Hall–Kier alpha value is -0.840. The average Bonchev–Trinajstić information content (AvgIpc) is 2.39. The number of hydrogen-bond acceptors (Lipinski definition) is 2. The summed E-state index contributed by atoms with van der Waals surface area (Å²) in [6.07, 6.45) is 2.77. The summed E-state index contributed by atoms with van der Waals surface area (Å²) in [7, 11) is 0. The van der Waals surface area contributed by atoms with Crippen molar-refractivity contribution in [2.24, 2.45) is 0 Å². The maximum Gasteiger partial charge on any atom is 0.141 e. The summed E-state index contributed by atoms with van der Waals surface area (Å²) in [6.45, 7) is 1.89. The van der Waals surface area contributed by atoms with E-state index in [0.29, 0.717) is 15.7 Å². The second kappa shape index (κ2) is 6.07. The van der Waals surface area contributed by atoms with Crippen LogP contribution in [-0.4, -0.2) is 4.98 Å². The standard InChI is InChI=1S/C13H10BrCl2FN2/c1-7(8-4-9(17)6-18-5-8)19-11-3-2-10(14)12(15)13(11)16/h2-7,19H,1H3.